The monoisotopic (exact) mass is 258 g/mol. The molecule has 0 fully saturated rings. The van der Waals surface area contributed by atoms with Crippen LogP contribution in [0.3, 0.4) is 0 Å². The first-order valence-corrected chi connectivity index (χ1v) is 6.03. The van der Waals surface area contributed by atoms with Crippen molar-refractivity contribution in [3.05, 3.63) is 29.3 Å². The van der Waals surface area contributed by atoms with E-state index >= 15 is 0 Å². The highest BCUT2D eigenvalue weighted by Crippen LogP contribution is 2.30. The highest BCUT2D eigenvalue weighted by Gasteiger charge is 2.10. The Morgan fingerprint density at radius 2 is 1.84 bits per heavy atom. The number of nitrogens with zero attached hydrogens (tertiary/aromatic N) is 2. The summed E-state index contributed by atoms with van der Waals surface area (Å²) in [6, 6.07) is 5.93. The molecule has 0 saturated heterocycles. The minimum Gasteiger partial charge on any atom is -0.496 e. The lowest BCUT2D eigenvalue weighted by Gasteiger charge is -2.12. The van der Waals surface area contributed by atoms with Gasteiger partial charge in [0.05, 0.1) is 12.8 Å². The van der Waals surface area contributed by atoms with Crippen molar-refractivity contribution in [2.75, 3.05) is 25.2 Å². The molecule has 0 bridgehead atoms. The third-order valence-corrected chi connectivity index (χ3v) is 3.02. The number of ether oxygens (including phenoxy) is 1. The zero-order chi connectivity index (χ0) is 14.0. The van der Waals surface area contributed by atoms with Gasteiger partial charge in [-0.05, 0) is 37.1 Å². The summed E-state index contributed by atoms with van der Waals surface area (Å²) >= 11 is 0. The van der Waals surface area contributed by atoms with Gasteiger partial charge in [-0.15, -0.1) is 0 Å². The van der Waals surface area contributed by atoms with E-state index in [2.05, 4.69) is 21.4 Å². The molecule has 5 heteroatoms. The number of aromatic nitrogens is 2. The Labute approximate surface area is 112 Å². The summed E-state index contributed by atoms with van der Waals surface area (Å²) in [5.41, 5.74) is 9.71. The van der Waals surface area contributed by atoms with Gasteiger partial charge in [0.25, 0.3) is 0 Å². The van der Waals surface area contributed by atoms with E-state index in [0.717, 1.165) is 28.1 Å². The van der Waals surface area contributed by atoms with Crippen LogP contribution in [0.4, 0.5) is 11.8 Å². The molecule has 0 radical (unpaired) electrons. The average Bonchev–Trinajstić information content (AvgIpc) is 2.40. The molecule has 0 spiro atoms. The first kappa shape index (κ1) is 13.1. The molecule has 0 aliphatic carbocycles. The highest BCUT2D eigenvalue weighted by molar-refractivity contribution is 5.69. The minimum absolute atomic E-state index is 0.259. The fourth-order valence-corrected chi connectivity index (χ4v) is 2.02. The van der Waals surface area contributed by atoms with E-state index in [9.17, 15) is 0 Å². The quantitative estimate of drug-likeness (QED) is 0.884. The van der Waals surface area contributed by atoms with Gasteiger partial charge < -0.3 is 15.8 Å². The van der Waals surface area contributed by atoms with Crippen molar-refractivity contribution in [1.82, 2.24) is 9.97 Å². The standard InChI is InChI=1S/C14H18N4O/c1-8-6-12(19-4)9(2)5-10(8)11-7-13(16-3)18-14(15)17-11/h5-7H,1-4H3,(H3,15,16,17,18). The molecular weight excluding hydrogens is 240 g/mol. The summed E-state index contributed by atoms with van der Waals surface area (Å²) in [5.74, 6) is 1.84. The fraction of sp³-hybridized carbons (Fsp3) is 0.286. The summed E-state index contributed by atoms with van der Waals surface area (Å²) in [7, 11) is 3.47. The van der Waals surface area contributed by atoms with Crippen LogP contribution in [0, 0.1) is 13.8 Å². The summed E-state index contributed by atoms with van der Waals surface area (Å²) in [5, 5.41) is 2.98. The van der Waals surface area contributed by atoms with Crippen LogP contribution in [0.2, 0.25) is 0 Å². The molecule has 2 rings (SSSR count). The Hall–Kier alpha value is -2.30. The van der Waals surface area contributed by atoms with Gasteiger partial charge in [-0.2, -0.15) is 4.98 Å². The van der Waals surface area contributed by atoms with Crippen LogP contribution in [0.5, 0.6) is 5.75 Å². The number of hydrogen-bond donors (Lipinski definition) is 2. The number of rotatable bonds is 3. The van der Waals surface area contributed by atoms with Crippen LogP contribution in [0.15, 0.2) is 18.2 Å². The molecule has 0 atom stereocenters. The molecule has 1 heterocycles. The van der Waals surface area contributed by atoms with Gasteiger partial charge in [0, 0.05) is 18.7 Å². The van der Waals surface area contributed by atoms with E-state index in [4.69, 9.17) is 10.5 Å². The predicted octanol–water partition coefficient (Wildman–Crippen LogP) is 2.39. The van der Waals surface area contributed by atoms with Crippen molar-refractivity contribution < 1.29 is 4.74 Å². The SMILES string of the molecule is CNc1cc(-c2cc(C)c(OC)cc2C)nc(N)n1. The molecule has 1 aromatic carbocycles. The Kier molecular flexibility index (Phi) is 3.55. The average molecular weight is 258 g/mol. The van der Waals surface area contributed by atoms with Crippen molar-refractivity contribution in [3.63, 3.8) is 0 Å². The number of methoxy groups -OCH3 is 1. The Morgan fingerprint density at radius 1 is 1.11 bits per heavy atom. The molecule has 0 aliphatic heterocycles. The largest absolute Gasteiger partial charge is 0.496 e. The number of hydrogen-bond acceptors (Lipinski definition) is 5. The minimum atomic E-state index is 0.259. The fourth-order valence-electron chi connectivity index (χ4n) is 2.02. The molecule has 0 amide bonds. The first-order valence-electron chi connectivity index (χ1n) is 6.03. The summed E-state index contributed by atoms with van der Waals surface area (Å²) in [6.45, 7) is 4.03. The summed E-state index contributed by atoms with van der Waals surface area (Å²) in [4.78, 5) is 8.39. The van der Waals surface area contributed by atoms with Gasteiger partial charge in [0.2, 0.25) is 5.95 Å². The van der Waals surface area contributed by atoms with Gasteiger partial charge in [-0.1, -0.05) is 0 Å². The van der Waals surface area contributed by atoms with Gasteiger partial charge in [0.1, 0.15) is 11.6 Å². The molecule has 2 aromatic rings. The second-order valence-electron chi connectivity index (χ2n) is 4.38. The topological polar surface area (TPSA) is 73.1 Å². The normalized spacial score (nSPS) is 10.3. The predicted molar refractivity (Wildman–Crippen MR) is 77.5 cm³/mol. The third kappa shape index (κ3) is 2.59. The lowest BCUT2D eigenvalue weighted by atomic mass is 10.0. The Bertz CT molecular complexity index is 611. The summed E-state index contributed by atoms with van der Waals surface area (Å²) in [6.07, 6.45) is 0. The number of anilines is 2. The van der Waals surface area contributed by atoms with Crippen molar-refractivity contribution >= 4 is 11.8 Å². The van der Waals surface area contributed by atoms with E-state index in [1.807, 2.05) is 26.0 Å². The lowest BCUT2D eigenvalue weighted by molar-refractivity contribution is 0.411. The van der Waals surface area contributed by atoms with Crippen LogP contribution in [0.1, 0.15) is 11.1 Å². The van der Waals surface area contributed by atoms with Gasteiger partial charge in [0.15, 0.2) is 0 Å². The number of nitrogens with two attached hydrogens (primary N) is 1. The summed E-state index contributed by atoms with van der Waals surface area (Å²) < 4.78 is 5.32. The van der Waals surface area contributed by atoms with Crippen LogP contribution in [0.25, 0.3) is 11.3 Å². The molecule has 1 aromatic heterocycles. The van der Waals surface area contributed by atoms with Crippen LogP contribution in [-0.4, -0.2) is 24.1 Å². The third-order valence-electron chi connectivity index (χ3n) is 3.02. The van der Waals surface area contributed by atoms with Crippen molar-refractivity contribution in [3.8, 4) is 17.0 Å². The highest BCUT2D eigenvalue weighted by atomic mass is 16.5. The van der Waals surface area contributed by atoms with Gasteiger partial charge in [-0.25, -0.2) is 4.98 Å². The van der Waals surface area contributed by atoms with Crippen LogP contribution < -0.4 is 15.8 Å². The Balaban J connectivity index is 2.58. The number of benzene rings is 1. The molecule has 0 unspecified atom stereocenters. The lowest BCUT2D eigenvalue weighted by Crippen LogP contribution is -2.02. The molecular formula is C14H18N4O. The van der Waals surface area contributed by atoms with Crippen LogP contribution in [-0.2, 0) is 0 Å². The van der Waals surface area contributed by atoms with E-state index in [-0.39, 0.29) is 5.95 Å². The molecule has 3 N–H and O–H groups in total. The maximum absolute atomic E-state index is 5.73. The van der Waals surface area contributed by atoms with Crippen molar-refractivity contribution in [2.45, 2.75) is 13.8 Å². The molecule has 5 nitrogen and oxygen atoms in total. The van der Waals surface area contributed by atoms with Crippen LogP contribution >= 0.6 is 0 Å². The molecule has 100 valence electrons. The smallest absolute Gasteiger partial charge is 0.222 e. The molecule has 0 aliphatic rings. The first-order chi connectivity index (χ1) is 9.05. The van der Waals surface area contributed by atoms with E-state index in [1.165, 1.54) is 0 Å². The maximum atomic E-state index is 5.73. The van der Waals surface area contributed by atoms with Crippen molar-refractivity contribution in [1.29, 1.82) is 0 Å². The number of nitrogen functional groups attached to an aromatic ring is 1. The van der Waals surface area contributed by atoms with Gasteiger partial charge >= 0.3 is 0 Å². The van der Waals surface area contributed by atoms with E-state index in [0.29, 0.717) is 5.82 Å². The van der Waals surface area contributed by atoms with E-state index < -0.39 is 0 Å². The molecule has 0 saturated carbocycles. The number of nitrogens with one attached hydrogen (secondary N) is 1. The maximum Gasteiger partial charge on any atom is 0.222 e. The number of aryl methyl sites for hydroxylation is 2. The van der Waals surface area contributed by atoms with Crippen molar-refractivity contribution in [2.24, 2.45) is 0 Å². The van der Waals surface area contributed by atoms with Gasteiger partial charge in [-0.3, -0.25) is 0 Å². The molecule has 19 heavy (non-hydrogen) atoms. The zero-order valence-electron chi connectivity index (χ0n) is 11.6. The second kappa shape index (κ2) is 5.14. The van der Waals surface area contributed by atoms with E-state index in [1.54, 1.807) is 14.2 Å². The second-order valence-corrected chi connectivity index (χ2v) is 4.38. The zero-order valence-corrected chi connectivity index (χ0v) is 11.6. The Morgan fingerprint density at radius 3 is 2.47 bits per heavy atom.